The van der Waals surface area contributed by atoms with Crippen LogP contribution in [0.4, 0.5) is 0 Å². The summed E-state index contributed by atoms with van der Waals surface area (Å²) in [6.07, 6.45) is 0. The molecule has 0 radical (unpaired) electrons. The molecule has 4 N–H and O–H groups in total. The minimum atomic E-state index is 0. The zero-order chi connectivity index (χ0) is 8.83. The molecule has 0 aliphatic rings. The van der Waals surface area contributed by atoms with Crippen LogP contribution in [0.5, 0.6) is 0 Å². The van der Waals surface area contributed by atoms with Gasteiger partial charge in [-0.05, 0) is 0 Å². The van der Waals surface area contributed by atoms with Gasteiger partial charge in [-0.3, -0.25) is 0 Å². The van der Waals surface area contributed by atoms with Crippen molar-refractivity contribution in [1.82, 2.24) is 0 Å². The summed E-state index contributed by atoms with van der Waals surface area (Å²) < 4.78 is 0. The molecule has 0 amide bonds. The van der Waals surface area contributed by atoms with Gasteiger partial charge in [0.05, 0.1) is 0 Å². The van der Waals surface area contributed by atoms with Crippen LogP contribution in [-0.4, -0.2) is 23.5 Å². The van der Waals surface area contributed by atoms with Crippen LogP contribution in [0.2, 0.25) is 0 Å². The molecule has 0 rings (SSSR count). The van der Waals surface area contributed by atoms with Crippen LogP contribution >= 0.6 is 0 Å². The third-order valence-corrected chi connectivity index (χ3v) is 0.125. The van der Waals surface area contributed by atoms with Crippen LogP contribution in [0, 0.1) is 9.81 Å². The number of hydrogen-bond acceptors (Lipinski definition) is 4. The predicted octanol–water partition coefficient (Wildman–Crippen LogP) is 1.37. The van der Waals surface area contributed by atoms with Gasteiger partial charge >= 0.3 is 21.1 Å². The van der Waals surface area contributed by atoms with Crippen molar-refractivity contribution in [3.8, 4) is 0 Å². The van der Waals surface area contributed by atoms with E-state index in [0.717, 1.165) is 0 Å². The van der Waals surface area contributed by atoms with Gasteiger partial charge in [0.1, 0.15) is 0 Å². The Hall–Kier alpha value is -0.592. The second-order valence-electron chi connectivity index (χ2n) is 0.663. The van der Waals surface area contributed by atoms with E-state index >= 15 is 0 Å². The van der Waals surface area contributed by atoms with Gasteiger partial charge in [0, 0.05) is 0 Å². The Labute approximate surface area is 77.1 Å². The number of nitrogens with zero attached hydrogens (tertiary/aromatic N) is 2. The SMILES string of the molecule is O=NO.O=NO.[NH-]CC[NH-].[Pt+2]. The largest absolute Gasteiger partial charge is 2.00 e. The molecule has 70 valence electrons. The van der Waals surface area contributed by atoms with E-state index in [1.54, 1.807) is 0 Å². The minimum Gasteiger partial charge on any atom is -0.679 e. The summed E-state index contributed by atoms with van der Waals surface area (Å²) in [5.41, 5.74) is 12.5. The standard InChI is InChI=1S/C2H6N2.2HNO2.Pt/c3-1-2-4;2*2-1-3;/h3-4H,1-2H2;2*(H,2,3);/q-2;;;+2. The first-order valence-electron chi connectivity index (χ1n) is 1.97. The first-order valence-corrected chi connectivity index (χ1v) is 1.97. The zero-order valence-electron chi connectivity index (χ0n) is 5.34. The molecule has 0 aliphatic heterocycles. The average Bonchev–Trinajstić information content (AvgIpc) is 1.91. The van der Waals surface area contributed by atoms with Gasteiger partial charge in [-0.15, -0.1) is 9.81 Å². The fourth-order valence-corrected chi connectivity index (χ4v) is 0. The molecule has 9 heteroatoms. The van der Waals surface area contributed by atoms with Crippen molar-refractivity contribution in [2.45, 2.75) is 0 Å². The average molecular weight is 347 g/mol. The molecule has 0 heterocycles. The second-order valence-corrected chi connectivity index (χ2v) is 0.663. The Morgan fingerprint density at radius 1 is 1.00 bits per heavy atom. The maximum atomic E-state index is 8.11. The third-order valence-electron chi connectivity index (χ3n) is 0.125. The summed E-state index contributed by atoms with van der Waals surface area (Å²) >= 11 is 0. The van der Waals surface area contributed by atoms with Crippen molar-refractivity contribution in [3.63, 3.8) is 0 Å². The fraction of sp³-hybridized carbons (Fsp3) is 1.00. The molecule has 0 spiro atoms. The van der Waals surface area contributed by atoms with E-state index in [-0.39, 0.29) is 34.2 Å². The summed E-state index contributed by atoms with van der Waals surface area (Å²) in [7, 11) is 0. The molecule has 0 saturated heterocycles. The van der Waals surface area contributed by atoms with Crippen molar-refractivity contribution in [3.05, 3.63) is 21.3 Å². The predicted molar refractivity (Wildman–Crippen MR) is 33.5 cm³/mol. The van der Waals surface area contributed by atoms with Crippen molar-refractivity contribution < 1.29 is 31.5 Å². The molecule has 0 atom stereocenters. The third kappa shape index (κ3) is 3100. The zero-order valence-corrected chi connectivity index (χ0v) is 7.61. The summed E-state index contributed by atoms with van der Waals surface area (Å²) in [5, 5.41) is 15.8. The van der Waals surface area contributed by atoms with E-state index < -0.39 is 0 Å². The summed E-state index contributed by atoms with van der Waals surface area (Å²) in [6, 6.07) is 0. The van der Waals surface area contributed by atoms with Crippen LogP contribution < -0.4 is 0 Å². The maximum Gasteiger partial charge on any atom is 2.00 e. The molecule has 0 unspecified atom stereocenters. The maximum absolute atomic E-state index is 8.11. The van der Waals surface area contributed by atoms with E-state index in [0.29, 0.717) is 0 Å². The van der Waals surface area contributed by atoms with Crippen molar-refractivity contribution >= 4 is 0 Å². The van der Waals surface area contributed by atoms with Gasteiger partial charge in [0.2, 0.25) is 0 Å². The fourth-order valence-electron chi connectivity index (χ4n) is 0. The molecule has 11 heavy (non-hydrogen) atoms. The summed E-state index contributed by atoms with van der Waals surface area (Å²) in [4.78, 5) is 16.2. The van der Waals surface area contributed by atoms with E-state index in [4.69, 9.17) is 31.7 Å². The molecular weight excluding hydrogens is 339 g/mol. The topological polar surface area (TPSA) is 147 Å². The second kappa shape index (κ2) is 57.3. The van der Waals surface area contributed by atoms with Crippen LogP contribution in [0.1, 0.15) is 0 Å². The van der Waals surface area contributed by atoms with Crippen molar-refractivity contribution in [2.24, 2.45) is 10.7 Å². The minimum absolute atomic E-state index is 0. The number of rotatable bonds is 1. The van der Waals surface area contributed by atoms with Gasteiger partial charge in [-0.1, -0.05) is 0 Å². The summed E-state index contributed by atoms with van der Waals surface area (Å²) in [5.74, 6) is 0. The Bertz CT molecular complexity index is 56.1. The molecule has 0 aliphatic carbocycles. The van der Waals surface area contributed by atoms with Crippen LogP contribution in [0.3, 0.4) is 0 Å². The first kappa shape index (κ1) is 22.4. The Balaban J connectivity index is -0.0000000325. The monoisotopic (exact) mass is 347 g/mol. The molecule has 0 aromatic heterocycles. The normalized spacial score (nSPS) is 4.91. The molecule has 0 fully saturated rings. The van der Waals surface area contributed by atoms with Gasteiger partial charge in [0.25, 0.3) is 0 Å². The molecule has 8 nitrogen and oxygen atoms in total. The Morgan fingerprint density at radius 3 is 1.09 bits per heavy atom. The quantitative estimate of drug-likeness (QED) is 0.544. The molecule has 0 aromatic rings. The molecular formula is C2H8N4O4Pt. The van der Waals surface area contributed by atoms with E-state index in [1.165, 1.54) is 10.7 Å². The van der Waals surface area contributed by atoms with E-state index in [1.807, 2.05) is 0 Å². The van der Waals surface area contributed by atoms with Crippen molar-refractivity contribution in [2.75, 3.05) is 13.1 Å². The van der Waals surface area contributed by atoms with Crippen molar-refractivity contribution in [1.29, 1.82) is 0 Å². The molecule has 0 aromatic carbocycles. The van der Waals surface area contributed by atoms with Gasteiger partial charge in [-0.25, -0.2) is 0 Å². The Morgan fingerprint density at radius 2 is 1.09 bits per heavy atom. The molecule has 0 bridgehead atoms. The van der Waals surface area contributed by atoms with Gasteiger partial charge in [0.15, 0.2) is 10.7 Å². The van der Waals surface area contributed by atoms with Gasteiger partial charge < -0.3 is 21.9 Å². The molecule has 0 saturated carbocycles. The smallest absolute Gasteiger partial charge is 0.679 e. The first-order chi connectivity index (χ1) is 4.74. The van der Waals surface area contributed by atoms with Crippen LogP contribution in [0.15, 0.2) is 10.7 Å². The number of nitrogens with one attached hydrogen (secondary N) is 2. The van der Waals surface area contributed by atoms with E-state index in [2.05, 4.69) is 0 Å². The Kier molecular flexibility index (Phi) is 117. The van der Waals surface area contributed by atoms with Crippen LogP contribution in [-0.2, 0) is 21.1 Å². The van der Waals surface area contributed by atoms with E-state index in [9.17, 15) is 0 Å². The number of hydrogen-bond donors (Lipinski definition) is 2. The summed E-state index contributed by atoms with van der Waals surface area (Å²) in [6.45, 7) is 0.472. The van der Waals surface area contributed by atoms with Gasteiger partial charge in [-0.2, -0.15) is 13.1 Å². The van der Waals surface area contributed by atoms with Crippen LogP contribution in [0.25, 0.3) is 11.5 Å².